The molecule has 0 fully saturated rings. The molecule has 0 aliphatic heterocycles. The van der Waals surface area contributed by atoms with Gasteiger partial charge in [-0.25, -0.2) is 0 Å². The first-order valence-corrected chi connectivity index (χ1v) is 5.20. The zero-order valence-electron chi connectivity index (χ0n) is 9.03. The summed E-state index contributed by atoms with van der Waals surface area (Å²) in [4.78, 5) is 3.89. The van der Waals surface area contributed by atoms with Gasteiger partial charge in [0.15, 0.2) is 0 Å². The highest BCUT2D eigenvalue weighted by Gasteiger charge is 2.16. The van der Waals surface area contributed by atoms with Gasteiger partial charge in [-0.15, -0.1) is 0 Å². The third kappa shape index (κ3) is 4.16. The first-order chi connectivity index (χ1) is 7.05. The molecule has 0 radical (unpaired) electrons. The summed E-state index contributed by atoms with van der Waals surface area (Å²) in [5, 5.41) is 9.64. The van der Waals surface area contributed by atoms with Gasteiger partial charge in [-0.1, -0.05) is 25.4 Å². The van der Waals surface area contributed by atoms with Crippen LogP contribution in [0.25, 0.3) is 0 Å². The fraction of sp³-hybridized carbons (Fsp3) is 0.545. The predicted octanol–water partition coefficient (Wildman–Crippen LogP) is 2.27. The van der Waals surface area contributed by atoms with Gasteiger partial charge in [0, 0.05) is 17.8 Å². The molecule has 0 saturated carbocycles. The lowest BCUT2D eigenvalue weighted by molar-refractivity contribution is 0.0198. The number of halogens is 1. The molecule has 0 aliphatic carbocycles. The van der Waals surface area contributed by atoms with E-state index in [1.54, 1.807) is 12.4 Å². The van der Waals surface area contributed by atoms with Crippen molar-refractivity contribution in [1.29, 1.82) is 0 Å². The maximum absolute atomic E-state index is 9.03. The van der Waals surface area contributed by atoms with Crippen molar-refractivity contribution < 1.29 is 9.84 Å². The van der Waals surface area contributed by atoms with Crippen LogP contribution in [0.15, 0.2) is 18.5 Å². The molecule has 1 heterocycles. The molecule has 84 valence electrons. The van der Waals surface area contributed by atoms with E-state index in [1.807, 2.05) is 19.9 Å². The van der Waals surface area contributed by atoms with Gasteiger partial charge in [0.05, 0.1) is 24.8 Å². The average molecular weight is 230 g/mol. The largest absolute Gasteiger partial charge is 0.396 e. The number of aliphatic hydroxyl groups is 1. The minimum absolute atomic E-state index is 0.108. The number of hydrogen-bond acceptors (Lipinski definition) is 3. The van der Waals surface area contributed by atoms with Crippen LogP contribution in [0.5, 0.6) is 0 Å². The molecule has 1 aromatic rings. The van der Waals surface area contributed by atoms with Gasteiger partial charge < -0.3 is 9.84 Å². The number of nitrogens with zero attached hydrogens (tertiary/aromatic N) is 1. The lowest BCUT2D eigenvalue weighted by Crippen LogP contribution is -2.23. The number of pyridine rings is 1. The quantitative estimate of drug-likeness (QED) is 0.842. The molecule has 0 aliphatic rings. The van der Waals surface area contributed by atoms with Crippen molar-refractivity contribution in [3.8, 4) is 0 Å². The minimum atomic E-state index is -0.209. The van der Waals surface area contributed by atoms with E-state index in [4.69, 9.17) is 21.4 Å². The second-order valence-corrected chi connectivity index (χ2v) is 4.69. The Morgan fingerprint density at radius 2 is 2.27 bits per heavy atom. The van der Waals surface area contributed by atoms with E-state index in [9.17, 15) is 0 Å². The number of aliphatic hydroxyl groups excluding tert-OH is 1. The van der Waals surface area contributed by atoms with Crippen LogP contribution in [-0.4, -0.2) is 23.3 Å². The Kier molecular flexibility index (Phi) is 4.51. The van der Waals surface area contributed by atoms with Crippen molar-refractivity contribution in [2.45, 2.75) is 20.5 Å². The van der Waals surface area contributed by atoms with Gasteiger partial charge in [-0.3, -0.25) is 4.98 Å². The first kappa shape index (κ1) is 12.4. The fourth-order valence-corrected chi connectivity index (χ4v) is 1.18. The van der Waals surface area contributed by atoms with E-state index in [2.05, 4.69) is 4.98 Å². The van der Waals surface area contributed by atoms with Gasteiger partial charge in [-0.05, 0) is 11.6 Å². The standard InChI is InChI=1S/C11H16ClNO2/c1-11(2,7-14)8-15-6-9-3-4-13-5-10(9)12/h3-5,14H,6-8H2,1-2H3. The van der Waals surface area contributed by atoms with E-state index in [0.29, 0.717) is 18.2 Å². The second-order valence-electron chi connectivity index (χ2n) is 4.28. The van der Waals surface area contributed by atoms with Crippen LogP contribution in [0.1, 0.15) is 19.4 Å². The molecule has 1 aromatic heterocycles. The van der Waals surface area contributed by atoms with Crippen molar-refractivity contribution >= 4 is 11.6 Å². The molecule has 4 heteroatoms. The van der Waals surface area contributed by atoms with Crippen LogP contribution in [-0.2, 0) is 11.3 Å². The van der Waals surface area contributed by atoms with E-state index in [0.717, 1.165) is 5.56 Å². The predicted molar refractivity (Wildman–Crippen MR) is 59.8 cm³/mol. The monoisotopic (exact) mass is 229 g/mol. The summed E-state index contributed by atoms with van der Waals surface area (Å²) in [7, 11) is 0. The Bertz CT molecular complexity index is 315. The molecular formula is C11H16ClNO2. The minimum Gasteiger partial charge on any atom is -0.396 e. The number of aromatic nitrogens is 1. The zero-order chi connectivity index (χ0) is 11.3. The van der Waals surface area contributed by atoms with Crippen molar-refractivity contribution in [3.63, 3.8) is 0 Å². The number of ether oxygens (including phenoxy) is 1. The zero-order valence-corrected chi connectivity index (χ0v) is 9.79. The molecule has 3 nitrogen and oxygen atoms in total. The van der Waals surface area contributed by atoms with Crippen LogP contribution < -0.4 is 0 Å². The smallest absolute Gasteiger partial charge is 0.0732 e. The summed E-state index contributed by atoms with van der Waals surface area (Å²) in [6.45, 7) is 4.95. The van der Waals surface area contributed by atoms with Crippen molar-refractivity contribution in [3.05, 3.63) is 29.0 Å². The van der Waals surface area contributed by atoms with E-state index in [-0.39, 0.29) is 12.0 Å². The summed E-state index contributed by atoms with van der Waals surface area (Å²) in [5.74, 6) is 0. The molecule has 0 saturated heterocycles. The highest BCUT2D eigenvalue weighted by molar-refractivity contribution is 6.31. The lowest BCUT2D eigenvalue weighted by atomic mass is 9.97. The SMILES string of the molecule is CC(C)(CO)COCc1ccncc1Cl. The highest BCUT2D eigenvalue weighted by Crippen LogP contribution is 2.18. The van der Waals surface area contributed by atoms with Gasteiger partial charge >= 0.3 is 0 Å². The van der Waals surface area contributed by atoms with Gasteiger partial charge in [0.2, 0.25) is 0 Å². The van der Waals surface area contributed by atoms with Gasteiger partial charge in [-0.2, -0.15) is 0 Å². The summed E-state index contributed by atoms with van der Waals surface area (Å²) in [6, 6.07) is 1.83. The Balaban J connectivity index is 2.42. The highest BCUT2D eigenvalue weighted by atomic mass is 35.5. The summed E-state index contributed by atoms with van der Waals surface area (Å²) >= 11 is 5.92. The second kappa shape index (κ2) is 5.45. The first-order valence-electron chi connectivity index (χ1n) is 4.82. The topological polar surface area (TPSA) is 42.4 Å². The summed E-state index contributed by atoms with van der Waals surface area (Å²) in [5.41, 5.74) is 0.708. The third-order valence-corrected chi connectivity index (χ3v) is 2.38. The Hall–Kier alpha value is -0.640. The van der Waals surface area contributed by atoms with Gasteiger partial charge in [0.1, 0.15) is 0 Å². The van der Waals surface area contributed by atoms with Crippen LogP contribution in [0.4, 0.5) is 0 Å². The van der Waals surface area contributed by atoms with E-state index < -0.39 is 0 Å². The van der Waals surface area contributed by atoms with Crippen molar-refractivity contribution in [2.75, 3.05) is 13.2 Å². The number of hydrogen-bond donors (Lipinski definition) is 1. The fourth-order valence-electron chi connectivity index (χ4n) is 1.00. The molecule has 0 bridgehead atoms. The molecule has 0 unspecified atom stereocenters. The molecule has 0 amide bonds. The third-order valence-electron chi connectivity index (χ3n) is 2.03. The normalized spacial score (nSPS) is 11.7. The molecule has 0 atom stereocenters. The molecular weight excluding hydrogens is 214 g/mol. The molecule has 0 spiro atoms. The summed E-state index contributed by atoms with van der Waals surface area (Å²) in [6.07, 6.45) is 3.28. The average Bonchev–Trinajstić information content (AvgIpc) is 2.21. The molecule has 15 heavy (non-hydrogen) atoms. The number of rotatable bonds is 5. The van der Waals surface area contributed by atoms with Crippen molar-refractivity contribution in [1.82, 2.24) is 4.98 Å². The maximum atomic E-state index is 9.03. The summed E-state index contributed by atoms with van der Waals surface area (Å²) < 4.78 is 5.48. The Labute approximate surface area is 95.1 Å². The van der Waals surface area contributed by atoms with Crippen LogP contribution in [0.3, 0.4) is 0 Å². The van der Waals surface area contributed by atoms with Crippen LogP contribution in [0.2, 0.25) is 5.02 Å². The lowest BCUT2D eigenvalue weighted by Gasteiger charge is -2.21. The molecule has 1 rings (SSSR count). The van der Waals surface area contributed by atoms with Crippen LogP contribution >= 0.6 is 11.6 Å². The maximum Gasteiger partial charge on any atom is 0.0732 e. The van der Waals surface area contributed by atoms with E-state index in [1.165, 1.54) is 0 Å². The molecule has 1 N–H and O–H groups in total. The van der Waals surface area contributed by atoms with Crippen LogP contribution in [0, 0.1) is 5.41 Å². The Morgan fingerprint density at radius 3 is 2.87 bits per heavy atom. The Morgan fingerprint density at radius 1 is 1.53 bits per heavy atom. The van der Waals surface area contributed by atoms with Gasteiger partial charge in [0.25, 0.3) is 0 Å². The van der Waals surface area contributed by atoms with E-state index >= 15 is 0 Å². The van der Waals surface area contributed by atoms with Crippen molar-refractivity contribution in [2.24, 2.45) is 5.41 Å². The molecule has 0 aromatic carbocycles.